The van der Waals surface area contributed by atoms with Gasteiger partial charge in [0.05, 0.1) is 11.6 Å². The highest BCUT2D eigenvalue weighted by molar-refractivity contribution is 6.30. The van der Waals surface area contributed by atoms with Crippen LogP contribution in [0.25, 0.3) is 0 Å². The molecule has 0 bridgehead atoms. The number of ether oxygens (including phenoxy) is 1. The zero-order chi connectivity index (χ0) is 22.8. The van der Waals surface area contributed by atoms with Gasteiger partial charge in [-0.3, -0.25) is 4.90 Å². The molecular weight excluding hydrogens is 438 g/mol. The molecule has 3 N–H and O–H groups in total. The van der Waals surface area contributed by atoms with Crippen molar-refractivity contribution in [1.29, 1.82) is 5.26 Å². The number of nitrogens with two attached hydrogens (primary N) is 1. The summed E-state index contributed by atoms with van der Waals surface area (Å²) in [6, 6.07) is 16.6. The fraction of sp³-hybridized carbons (Fsp3) is 0.375. The second kappa shape index (κ2) is 9.30. The average Bonchev–Trinajstić information content (AvgIpc) is 3.20. The molecule has 5 rings (SSSR count). The van der Waals surface area contributed by atoms with E-state index in [0.717, 1.165) is 55.2 Å². The van der Waals surface area contributed by atoms with Gasteiger partial charge in [0.1, 0.15) is 12.4 Å². The molecule has 3 heterocycles. The number of piperidine rings is 1. The molecule has 0 aliphatic carbocycles. The van der Waals surface area contributed by atoms with Crippen molar-refractivity contribution in [1.82, 2.24) is 20.1 Å². The quantitative estimate of drug-likeness (QED) is 0.610. The van der Waals surface area contributed by atoms with Gasteiger partial charge in [0.25, 0.3) is 0 Å². The molecule has 0 amide bonds. The lowest BCUT2D eigenvalue weighted by atomic mass is 9.97. The minimum atomic E-state index is 0.208. The second-order valence-corrected chi connectivity index (χ2v) is 9.08. The number of nitrogens with one attached hydrogen (secondary N) is 1. The Bertz CT molecular complexity index is 1150. The van der Waals surface area contributed by atoms with E-state index in [1.165, 1.54) is 5.56 Å². The number of hydrogen-bond donors (Lipinski definition) is 2. The predicted octanol–water partition coefficient (Wildman–Crippen LogP) is 3.39. The number of nitriles is 1. The van der Waals surface area contributed by atoms with E-state index in [-0.39, 0.29) is 6.04 Å². The second-order valence-electron chi connectivity index (χ2n) is 8.64. The fourth-order valence-electron chi connectivity index (χ4n) is 4.82. The van der Waals surface area contributed by atoms with E-state index >= 15 is 0 Å². The molecule has 1 fully saturated rings. The number of rotatable bonds is 4. The van der Waals surface area contributed by atoms with E-state index in [0.29, 0.717) is 30.1 Å². The normalized spacial score (nSPS) is 19.4. The van der Waals surface area contributed by atoms with Gasteiger partial charge in [-0.2, -0.15) is 10.2 Å². The Morgan fingerprint density at radius 3 is 2.67 bits per heavy atom. The molecule has 0 spiro atoms. The summed E-state index contributed by atoms with van der Waals surface area (Å²) < 4.78 is 6.25. The first-order valence-electron chi connectivity index (χ1n) is 11.2. The Balaban J connectivity index is 1.38. The van der Waals surface area contributed by atoms with E-state index in [4.69, 9.17) is 22.1 Å². The maximum absolute atomic E-state index is 9.39. The number of anilines is 2. The van der Waals surface area contributed by atoms with E-state index in [9.17, 15) is 5.26 Å². The van der Waals surface area contributed by atoms with Crippen LogP contribution in [0.1, 0.15) is 29.5 Å². The van der Waals surface area contributed by atoms with Gasteiger partial charge >= 0.3 is 0 Å². The highest BCUT2D eigenvalue weighted by Gasteiger charge is 2.33. The van der Waals surface area contributed by atoms with Gasteiger partial charge in [0.15, 0.2) is 0 Å². The number of aromatic amines is 1. The molecule has 2 aliphatic rings. The van der Waals surface area contributed by atoms with E-state index < -0.39 is 0 Å². The number of aromatic nitrogens is 3. The van der Waals surface area contributed by atoms with Crippen LogP contribution in [0, 0.1) is 11.3 Å². The van der Waals surface area contributed by atoms with Crippen molar-refractivity contribution in [3.63, 3.8) is 0 Å². The molecule has 33 heavy (non-hydrogen) atoms. The van der Waals surface area contributed by atoms with Crippen LogP contribution < -0.4 is 15.4 Å². The van der Waals surface area contributed by atoms with Crippen LogP contribution in [0.4, 0.5) is 11.9 Å². The van der Waals surface area contributed by atoms with Crippen molar-refractivity contribution in [3.05, 3.63) is 64.2 Å². The zero-order valence-electron chi connectivity index (χ0n) is 18.2. The van der Waals surface area contributed by atoms with Crippen molar-refractivity contribution >= 4 is 23.5 Å². The summed E-state index contributed by atoms with van der Waals surface area (Å²) in [7, 11) is 0. The first kappa shape index (κ1) is 21.6. The van der Waals surface area contributed by atoms with Crippen molar-refractivity contribution in [2.75, 3.05) is 30.3 Å². The van der Waals surface area contributed by atoms with Crippen molar-refractivity contribution in [2.24, 2.45) is 0 Å². The first-order chi connectivity index (χ1) is 16.1. The fourth-order valence-corrected chi connectivity index (χ4v) is 4.95. The van der Waals surface area contributed by atoms with Gasteiger partial charge in [0.2, 0.25) is 11.9 Å². The number of hydrogen-bond acceptors (Lipinski definition) is 7. The summed E-state index contributed by atoms with van der Waals surface area (Å²) in [6.45, 7) is 3.07. The van der Waals surface area contributed by atoms with Gasteiger partial charge in [-0.1, -0.05) is 23.7 Å². The first-order valence-corrected chi connectivity index (χ1v) is 11.6. The Morgan fingerprint density at radius 2 is 1.97 bits per heavy atom. The third-order valence-corrected chi connectivity index (χ3v) is 6.79. The molecule has 9 heteroatoms. The zero-order valence-corrected chi connectivity index (χ0v) is 19.0. The Morgan fingerprint density at radius 1 is 1.18 bits per heavy atom. The third-order valence-electron chi connectivity index (χ3n) is 6.53. The van der Waals surface area contributed by atoms with E-state index in [1.807, 2.05) is 30.3 Å². The van der Waals surface area contributed by atoms with Gasteiger partial charge < -0.3 is 15.4 Å². The average molecular weight is 464 g/mol. The molecule has 170 valence electrons. The number of nitrogens with zero attached hydrogens (tertiary/aromatic N) is 5. The van der Waals surface area contributed by atoms with Crippen molar-refractivity contribution < 1.29 is 4.74 Å². The minimum Gasteiger partial charge on any atom is -0.492 e. The maximum atomic E-state index is 9.39. The Labute approximate surface area is 197 Å². The van der Waals surface area contributed by atoms with Gasteiger partial charge in [-0.05, 0) is 55.2 Å². The Hall–Kier alpha value is -3.28. The number of benzene rings is 2. The molecular formula is C24H26ClN7O. The van der Waals surface area contributed by atoms with Gasteiger partial charge in [0, 0.05) is 42.3 Å². The monoisotopic (exact) mass is 463 g/mol. The standard InChI is InChI=1S/C24H26ClN7O/c25-19-4-1-16(2-5-19)12-21-15-33-22-6-3-17(13-26)11-18(22)14-32(21)20-7-9-31(10-8-20)24-28-23(27)29-30-24/h1-6,11,20-21H,7-10,12,14-15H2,(H3,27,28,29,30)/t21-/m0/s1. The molecule has 1 atom stereocenters. The van der Waals surface area contributed by atoms with Crippen LogP contribution in [0.5, 0.6) is 5.75 Å². The van der Waals surface area contributed by atoms with E-state index in [1.54, 1.807) is 0 Å². The summed E-state index contributed by atoms with van der Waals surface area (Å²) in [4.78, 5) is 9.01. The number of fused-ring (bicyclic) bond motifs is 1. The lowest BCUT2D eigenvalue weighted by molar-refractivity contribution is 0.0833. The smallest absolute Gasteiger partial charge is 0.246 e. The van der Waals surface area contributed by atoms with E-state index in [2.05, 4.69) is 43.2 Å². The van der Waals surface area contributed by atoms with Crippen molar-refractivity contribution in [3.8, 4) is 11.8 Å². The summed E-state index contributed by atoms with van der Waals surface area (Å²) in [5.41, 5.74) is 8.66. The molecule has 1 aromatic heterocycles. The molecule has 0 radical (unpaired) electrons. The molecule has 0 saturated carbocycles. The summed E-state index contributed by atoms with van der Waals surface area (Å²) in [6.07, 6.45) is 2.84. The Kier molecular flexibility index (Phi) is 6.07. The van der Waals surface area contributed by atoms with Crippen LogP contribution in [0.3, 0.4) is 0 Å². The summed E-state index contributed by atoms with van der Waals surface area (Å²) in [5, 5.41) is 17.1. The van der Waals surface area contributed by atoms with Gasteiger partial charge in [-0.25, -0.2) is 5.10 Å². The SMILES string of the molecule is N#Cc1ccc2c(c1)CN(C1CCN(c3n[nH]c(N)n3)CC1)[C@@H](Cc1ccc(Cl)cc1)CO2. The lowest BCUT2D eigenvalue weighted by Crippen LogP contribution is -2.50. The van der Waals surface area contributed by atoms with Crippen LogP contribution in [0.2, 0.25) is 5.02 Å². The van der Waals surface area contributed by atoms with Crippen LogP contribution in [-0.2, 0) is 13.0 Å². The molecule has 1 saturated heterocycles. The molecule has 8 nitrogen and oxygen atoms in total. The number of nitrogen functional groups attached to an aromatic ring is 1. The molecule has 0 unspecified atom stereocenters. The lowest BCUT2D eigenvalue weighted by Gasteiger charge is -2.41. The van der Waals surface area contributed by atoms with Crippen LogP contribution in [-0.4, -0.2) is 51.9 Å². The largest absolute Gasteiger partial charge is 0.492 e. The van der Waals surface area contributed by atoms with Crippen LogP contribution in [0.15, 0.2) is 42.5 Å². The number of halogens is 1. The predicted molar refractivity (Wildman–Crippen MR) is 127 cm³/mol. The maximum Gasteiger partial charge on any atom is 0.246 e. The summed E-state index contributed by atoms with van der Waals surface area (Å²) in [5.74, 6) is 1.86. The highest BCUT2D eigenvalue weighted by Crippen LogP contribution is 2.31. The minimum absolute atomic E-state index is 0.208. The summed E-state index contributed by atoms with van der Waals surface area (Å²) >= 11 is 6.10. The molecule has 3 aromatic rings. The third kappa shape index (κ3) is 4.75. The topological polar surface area (TPSA) is 107 Å². The van der Waals surface area contributed by atoms with Gasteiger partial charge in [-0.15, -0.1) is 5.10 Å². The molecule has 2 aromatic carbocycles. The molecule has 2 aliphatic heterocycles. The van der Waals surface area contributed by atoms with Crippen molar-refractivity contribution in [2.45, 2.75) is 37.9 Å². The number of H-pyrrole nitrogens is 1. The highest BCUT2D eigenvalue weighted by atomic mass is 35.5. The van der Waals surface area contributed by atoms with Crippen LogP contribution >= 0.6 is 11.6 Å².